The second-order valence-corrected chi connectivity index (χ2v) is 6.79. The van der Waals surface area contributed by atoms with E-state index >= 15 is 0 Å². The van der Waals surface area contributed by atoms with Gasteiger partial charge in [-0.15, -0.1) is 0 Å². The molecule has 2 aromatic rings. The number of ether oxygens (including phenoxy) is 1. The smallest absolute Gasteiger partial charge is 0.166 e. The van der Waals surface area contributed by atoms with Crippen LogP contribution in [0, 0.1) is 17.6 Å². The molecule has 0 radical (unpaired) electrons. The monoisotopic (exact) mass is 395 g/mol. The van der Waals surface area contributed by atoms with Crippen molar-refractivity contribution in [3.8, 4) is 11.5 Å². The Morgan fingerprint density at radius 3 is 2.75 bits per heavy atom. The molecule has 0 spiro atoms. The fourth-order valence-corrected chi connectivity index (χ4v) is 3.40. The molecular weight excluding hydrogens is 380 g/mol. The van der Waals surface area contributed by atoms with Crippen LogP contribution in [-0.2, 0) is 11.2 Å². The zero-order valence-corrected chi connectivity index (χ0v) is 14.8. The summed E-state index contributed by atoms with van der Waals surface area (Å²) in [5, 5.41) is 3.28. The van der Waals surface area contributed by atoms with Crippen LogP contribution in [0.1, 0.15) is 19.4 Å². The standard InChI is InChI=1S/C18H16BrF2NO2/c1-9-12(10(2)23)8-13-16(22-9)6-4-14(19)18(13)24-17-7-11(20)3-5-15(17)21/h3-7,9,12,22H,8H2,1-2H3. The van der Waals surface area contributed by atoms with Crippen molar-refractivity contribution < 1.29 is 18.3 Å². The molecule has 1 aliphatic rings. The predicted octanol–water partition coefficient (Wildman–Crippen LogP) is 5.08. The molecule has 2 unspecified atom stereocenters. The second kappa shape index (κ2) is 6.51. The minimum atomic E-state index is -0.652. The molecule has 0 saturated heterocycles. The quantitative estimate of drug-likeness (QED) is 0.787. The fourth-order valence-electron chi connectivity index (χ4n) is 2.95. The number of nitrogens with one attached hydrogen (secondary N) is 1. The number of hydrogen-bond donors (Lipinski definition) is 1. The summed E-state index contributed by atoms with van der Waals surface area (Å²) in [6, 6.07) is 6.71. The van der Waals surface area contributed by atoms with Gasteiger partial charge >= 0.3 is 0 Å². The maximum Gasteiger partial charge on any atom is 0.166 e. The van der Waals surface area contributed by atoms with Crippen LogP contribution in [0.15, 0.2) is 34.8 Å². The molecule has 0 amide bonds. The molecule has 3 rings (SSSR count). The summed E-state index contributed by atoms with van der Waals surface area (Å²) in [6.07, 6.45) is 0.477. The Morgan fingerprint density at radius 1 is 1.29 bits per heavy atom. The van der Waals surface area contributed by atoms with Crippen LogP contribution in [0.4, 0.5) is 14.5 Å². The van der Waals surface area contributed by atoms with E-state index in [1.54, 1.807) is 13.0 Å². The third-order valence-electron chi connectivity index (χ3n) is 4.25. The van der Waals surface area contributed by atoms with Crippen molar-refractivity contribution in [2.75, 3.05) is 5.32 Å². The Bertz CT molecular complexity index is 810. The molecule has 1 N–H and O–H groups in total. The Morgan fingerprint density at radius 2 is 2.04 bits per heavy atom. The summed E-state index contributed by atoms with van der Waals surface area (Å²) in [4.78, 5) is 11.9. The summed E-state index contributed by atoms with van der Waals surface area (Å²) in [6.45, 7) is 3.50. The summed E-state index contributed by atoms with van der Waals surface area (Å²) >= 11 is 3.39. The largest absolute Gasteiger partial charge is 0.453 e. The molecule has 24 heavy (non-hydrogen) atoms. The van der Waals surface area contributed by atoms with Gasteiger partial charge in [-0.1, -0.05) is 0 Å². The summed E-state index contributed by atoms with van der Waals surface area (Å²) in [5.74, 6) is -1.17. The maximum absolute atomic E-state index is 13.9. The molecule has 126 valence electrons. The predicted molar refractivity (Wildman–Crippen MR) is 91.5 cm³/mol. The third-order valence-corrected chi connectivity index (χ3v) is 4.88. The molecular formula is C18H16BrF2NO2. The minimum Gasteiger partial charge on any atom is -0.453 e. The number of anilines is 1. The van der Waals surface area contributed by atoms with E-state index in [4.69, 9.17) is 4.74 Å². The first-order chi connectivity index (χ1) is 11.4. The Kier molecular flexibility index (Phi) is 4.58. The van der Waals surface area contributed by atoms with E-state index in [1.165, 1.54) is 0 Å². The highest BCUT2D eigenvalue weighted by molar-refractivity contribution is 9.10. The second-order valence-electron chi connectivity index (χ2n) is 5.93. The lowest BCUT2D eigenvalue weighted by atomic mass is 9.85. The van der Waals surface area contributed by atoms with Gasteiger partial charge in [0.15, 0.2) is 11.6 Å². The Balaban J connectivity index is 2.04. The molecule has 0 aromatic heterocycles. The van der Waals surface area contributed by atoms with E-state index in [1.807, 2.05) is 13.0 Å². The van der Waals surface area contributed by atoms with Gasteiger partial charge in [0.2, 0.25) is 0 Å². The van der Waals surface area contributed by atoms with E-state index in [-0.39, 0.29) is 23.5 Å². The van der Waals surface area contributed by atoms with Gasteiger partial charge in [0.1, 0.15) is 17.3 Å². The Hall–Kier alpha value is -1.95. The number of hydrogen-bond acceptors (Lipinski definition) is 3. The van der Waals surface area contributed by atoms with Crippen molar-refractivity contribution in [2.45, 2.75) is 26.3 Å². The van der Waals surface area contributed by atoms with E-state index in [2.05, 4.69) is 21.2 Å². The average Bonchev–Trinajstić information content (AvgIpc) is 2.52. The maximum atomic E-state index is 13.9. The molecule has 0 bridgehead atoms. The van der Waals surface area contributed by atoms with Crippen molar-refractivity contribution in [3.05, 3.63) is 52.0 Å². The first-order valence-electron chi connectivity index (χ1n) is 7.58. The molecule has 3 nitrogen and oxygen atoms in total. The summed E-state index contributed by atoms with van der Waals surface area (Å²) < 4.78 is 33.6. The lowest BCUT2D eigenvalue weighted by Gasteiger charge is -2.32. The molecule has 1 aliphatic heterocycles. The van der Waals surface area contributed by atoms with Gasteiger partial charge in [-0.2, -0.15) is 0 Å². The molecule has 0 saturated carbocycles. The molecule has 0 aliphatic carbocycles. The van der Waals surface area contributed by atoms with E-state index < -0.39 is 11.6 Å². The van der Waals surface area contributed by atoms with Crippen LogP contribution >= 0.6 is 15.9 Å². The number of carbonyl (C=O) groups is 1. The topological polar surface area (TPSA) is 38.3 Å². The lowest BCUT2D eigenvalue weighted by molar-refractivity contribution is -0.121. The van der Waals surface area contributed by atoms with Crippen LogP contribution in [0.25, 0.3) is 0 Å². The van der Waals surface area contributed by atoms with Gasteiger partial charge < -0.3 is 10.1 Å². The normalized spacial score (nSPS) is 19.4. The highest BCUT2D eigenvalue weighted by Crippen LogP contribution is 2.42. The highest BCUT2D eigenvalue weighted by Gasteiger charge is 2.31. The number of benzene rings is 2. The number of ketones is 1. The number of rotatable bonds is 3. The third kappa shape index (κ3) is 3.15. The van der Waals surface area contributed by atoms with E-state index in [0.717, 1.165) is 29.4 Å². The zero-order chi connectivity index (χ0) is 17.4. The molecule has 0 fully saturated rings. The Labute approximate surface area is 147 Å². The zero-order valence-electron chi connectivity index (χ0n) is 13.2. The van der Waals surface area contributed by atoms with E-state index in [0.29, 0.717) is 16.6 Å². The number of fused-ring (bicyclic) bond motifs is 1. The average molecular weight is 396 g/mol. The first kappa shape index (κ1) is 16.9. The molecule has 1 heterocycles. The number of carbonyl (C=O) groups excluding carboxylic acids is 1. The van der Waals surface area contributed by atoms with Gasteiger partial charge in [-0.3, -0.25) is 4.79 Å². The van der Waals surface area contributed by atoms with Gasteiger partial charge in [0.05, 0.1) is 4.47 Å². The van der Waals surface area contributed by atoms with Gasteiger partial charge in [0, 0.05) is 29.3 Å². The van der Waals surface area contributed by atoms with Crippen molar-refractivity contribution in [3.63, 3.8) is 0 Å². The van der Waals surface area contributed by atoms with Gasteiger partial charge in [-0.25, -0.2) is 8.78 Å². The van der Waals surface area contributed by atoms with Crippen molar-refractivity contribution >= 4 is 27.4 Å². The minimum absolute atomic E-state index is 0.00469. The van der Waals surface area contributed by atoms with Crippen LogP contribution in [0.3, 0.4) is 0 Å². The van der Waals surface area contributed by atoms with E-state index in [9.17, 15) is 13.6 Å². The van der Waals surface area contributed by atoms with Crippen LogP contribution < -0.4 is 10.1 Å². The van der Waals surface area contributed by atoms with Crippen LogP contribution in [0.2, 0.25) is 0 Å². The fraction of sp³-hybridized carbons (Fsp3) is 0.278. The van der Waals surface area contributed by atoms with Crippen LogP contribution in [0.5, 0.6) is 11.5 Å². The summed E-state index contributed by atoms with van der Waals surface area (Å²) in [7, 11) is 0. The van der Waals surface area contributed by atoms with Crippen molar-refractivity contribution in [2.24, 2.45) is 5.92 Å². The van der Waals surface area contributed by atoms with Crippen molar-refractivity contribution in [1.82, 2.24) is 0 Å². The highest BCUT2D eigenvalue weighted by atomic mass is 79.9. The summed E-state index contributed by atoms with van der Waals surface area (Å²) in [5.41, 5.74) is 1.60. The van der Waals surface area contributed by atoms with Gasteiger partial charge in [-0.05, 0) is 60.5 Å². The molecule has 2 aromatic carbocycles. The van der Waals surface area contributed by atoms with Crippen molar-refractivity contribution in [1.29, 1.82) is 0 Å². The molecule has 6 heteroatoms. The SMILES string of the molecule is CC(=O)C1Cc2c(ccc(Br)c2Oc2cc(F)ccc2F)NC1C. The number of halogens is 3. The number of Topliss-reactive ketones (excluding diaryl/α,β-unsaturated/α-hetero) is 1. The first-order valence-corrected chi connectivity index (χ1v) is 8.37. The van der Waals surface area contributed by atoms with Gasteiger partial charge in [0.25, 0.3) is 0 Å². The molecule has 2 atom stereocenters. The lowest BCUT2D eigenvalue weighted by Crippen LogP contribution is -2.36. The van der Waals surface area contributed by atoms with Crippen LogP contribution in [-0.4, -0.2) is 11.8 Å².